The second-order valence-corrected chi connectivity index (χ2v) is 4.56. The Hall–Kier alpha value is -0.540. The third-order valence-electron chi connectivity index (χ3n) is 2.62. The van der Waals surface area contributed by atoms with Gasteiger partial charge in [0.2, 0.25) is 0 Å². The molecule has 0 heterocycles. The molecular weight excluding hydrogens is 254 g/mol. The number of hydrogen-bond acceptors (Lipinski definition) is 2. The number of benzene rings is 1. The molecule has 2 nitrogen and oxygen atoms in total. The van der Waals surface area contributed by atoms with Crippen molar-refractivity contribution in [2.24, 2.45) is 5.73 Å². The number of ether oxygens (including phenoxy) is 1. The number of aryl methyl sites for hydroxylation is 1. The van der Waals surface area contributed by atoms with Gasteiger partial charge in [0, 0.05) is 4.47 Å². The maximum Gasteiger partial charge on any atom is 0.125 e. The zero-order valence-electron chi connectivity index (χ0n) is 9.56. The molecule has 0 aromatic heterocycles. The van der Waals surface area contributed by atoms with Crippen molar-refractivity contribution < 1.29 is 4.74 Å². The smallest absolute Gasteiger partial charge is 0.125 e. The normalized spacial score (nSPS) is 10.5. The van der Waals surface area contributed by atoms with E-state index in [0.29, 0.717) is 6.54 Å². The predicted molar refractivity (Wildman–Crippen MR) is 67.5 cm³/mol. The van der Waals surface area contributed by atoms with E-state index < -0.39 is 0 Å². The third-order valence-corrected chi connectivity index (χ3v) is 3.45. The van der Waals surface area contributed by atoms with Gasteiger partial charge in [-0.25, -0.2) is 0 Å². The van der Waals surface area contributed by atoms with Gasteiger partial charge in [0.25, 0.3) is 0 Å². The van der Waals surface area contributed by atoms with Crippen molar-refractivity contribution in [3.63, 3.8) is 0 Å². The van der Waals surface area contributed by atoms with Gasteiger partial charge in [-0.05, 0) is 56.0 Å². The summed E-state index contributed by atoms with van der Waals surface area (Å²) in [7, 11) is 1.72. The van der Waals surface area contributed by atoms with Gasteiger partial charge in [0.1, 0.15) is 5.75 Å². The minimum atomic E-state index is 0.716. The van der Waals surface area contributed by atoms with Gasteiger partial charge >= 0.3 is 0 Å². The summed E-state index contributed by atoms with van der Waals surface area (Å²) in [6.07, 6.45) is 1.97. The third kappa shape index (κ3) is 2.73. The van der Waals surface area contributed by atoms with Crippen molar-refractivity contribution in [1.82, 2.24) is 0 Å². The average Bonchev–Trinajstić information content (AvgIpc) is 2.21. The monoisotopic (exact) mass is 271 g/mol. The molecule has 0 aliphatic heterocycles. The predicted octanol–water partition coefficient (Wildman–Crippen LogP) is 2.97. The first-order valence-electron chi connectivity index (χ1n) is 5.14. The van der Waals surface area contributed by atoms with Crippen LogP contribution in [0.15, 0.2) is 10.5 Å². The molecule has 0 amide bonds. The lowest BCUT2D eigenvalue weighted by atomic mass is 9.99. The van der Waals surface area contributed by atoms with Crippen LogP contribution < -0.4 is 10.5 Å². The molecule has 0 atom stereocenters. The number of halogens is 1. The summed E-state index contributed by atoms with van der Waals surface area (Å²) in [4.78, 5) is 0. The maximum atomic E-state index is 5.54. The average molecular weight is 272 g/mol. The Balaban J connectivity index is 3.18. The highest BCUT2D eigenvalue weighted by atomic mass is 79.9. The largest absolute Gasteiger partial charge is 0.496 e. The molecule has 0 fully saturated rings. The van der Waals surface area contributed by atoms with Crippen molar-refractivity contribution >= 4 is 15.9 Å². The van der Waals surface area contributed by atoms with Gasteiger partial charge in [0.05, 0.1) is 7.11 Å². The van der Waals surface area contributed by atoms with Crippen LogP contribution >= 0.6 is 15.9 Å². The molecule has 0 radical (unpaired) electrons. The van der Waals surface area contributed by atoms with E-state index in [9.17, 15) is 0 Å². The van der Waals surface area contributed by atoms with E-state index in [4.69, 9.17) is 10.5 Å². The van der Waals surface area contributed by atoms with Crippen LogP contribution in [0.2, 0.25) is 0 Å². The first kappa shape index (κ1) is 12.5. The second-order valence-electron chi connectivity index (χ2n) is 3.70. The molecule has 0 saturated heterocycles. The molecule has 0 aliphatic rings. The summed E-state index contributed by atoms with van der Waals surface area (Å²) in [5.74, 6) is 1.00. The summed E-state index contributed by atoms with van der Waals surface area (Å²) in [6, 6.07) is 2.10. The zero-order valence-corrected chi connectivity index (χ0v) is 11.1. The van der Waals surface area contributed by atoms with Crippen LogP contribution in [0.5, 0.6) is 5.75 Å². The molecule has 0 saturated carbocycles. The van der Waals surface area contributed by atoms with Gasteiger partial charge in [-0.3, -0.25) is 0 Å². The van der Waals surface area contributed by atoms with Crippen molar-refractivity contribution in [1.29, 1.82) is 0 Å². The molecule has 15 heavy (non-hydrogen) atoms. The molecule has 2 N–H and O–H groups in total. The SMILES string of the molecule is COc1c(C)cc(Br)c(C)c1CCCN. The zero-order chi connectivity index (χ0) is 11.4. The van der Waals surface area contributed by atoms with E-state index in [1.165, 1.54) is 16.7 Å². The summed E-state index contributed by atoms with van der Waals surface area (Å²) in [6.45, 7) is 4.89. The lowest BCUT2D eigenvalue weighted by Crippen LogP contribution is -2.04. The van der Waals surface area contributed by atoms with Gasteiger partial charge in [0.15, 0.2) is 0 Å². The summed E-state index contributed by atoms with van der Waals surface area (Å²) < 4.78 is 6.59. The molecule has 0 aliphatic carbocycles. The van der Waals surface area contributed by atoms with Crippen molar-refractivity contribution in [3.05, 3.63) is 27.2 Å². The molecule has 1 rings (SSSR count). The number of hydrogen-bond donors (Lipinski definition) is 1. The van der Waals surface area contributed by atoms with Crippen LogP contribution in [0, 0.1) is 13.8 Å². The first-order chi connectivity index (χ1) is 7.11. The van der Waals surface area contributed by atoms with Crippen molar-refractivity contribution in [2.45, 2.75) is 26.7 Å². The lowest BCUT2D eigenvalue weighted by Gasteiger charge is -2.15. The Morgan fingerprint density at radius 3 is 2.60 bits per heavy atom. The summed E-state index contributed by atoms with van der Waals surface area (Å²) in [5.41, 5.74) is 9.24. The van der Waals surface area contributed by atoms with E-state index in [1.54, 1.807) is 7.11 Å². The van der Waals surface area contributed by atoms with Crippen LogP contribution in [-0.2, 0) is 6.42 Å². The molecular formula is C12H18BrNO. The van der Waals surface area contributed by atoms with Crippen molar-refractivity contribution in [2.75, 3.05) is 13.7 Å². The van der Waals surface area contributed by atoms with Gasteiger partial charge in [-0.15, -0.1) is 0 Å². The standard InChI is InChI=1S/C12H18BrNO/c1-8-7-11(13)9(2)10(5-4-6-14)12(8)15-3/h7H,4-6,14H2,1-3H3. The Morgan fingerprint density at radius 1 is 1.40 bits per heavy atom. The second kappa shape index (κ2) is 5.52. The molecule has 0 bridgehead atoms. The summed E-state index contributed by atoms with van der Waals surface area (Å²) >= 11 is 3.57. The molecule has 1 aromatic carbocycles. The maximum absolute atomic E-state index is 5.54. The minimum Gasteiger partial charge on any atom is -0.496 e. The fraction of sp³-hybridized carbons (Fsp3) is 0.500. The van der Waals surface area contributed by atoms with Crippen LogP contribution in [0.25, 0.3) is 0 Å². The van der Waals surface area contributed by atoms with Crippen LogP contribution in [0.3, 0.4) is 0 Å². The van der Waals surface area contributed by atoms with Crippen molar-refractivity contribution in [3.8, 4) is 5.75 Å². The van der Waals surface area contributed by atoms with E-state index in [1.807, 2.05) is 0 Å². The Kier molecular flexibility index (Phi) is 4.61. The Bertz CT molecular complexity index is 350. The molecule has 3 heteroatoms. The molecule has 0 unspecified atom stereocenters. The van der Waals surface area contributed by atoms with Gasteiger partial charge in [-0.2, -0.15) is 0 Å². The van der Waals surface area contributed by atoms with Crippen LogP contribution in [-0.4, -0.2) is 13.7 Å². The lowest BCUT2D eigenvalue weighted by molar-refractivity contribution is 0.405. The Morgan fingerprint density at radius 2 is 2.07 bits per heavy atom. The topological polar surface area (TPSA) is 35.2 Å². The number of methoxy groups -OCH3 is 1. The Labute approximate surface area is 99.9 Å². The molecule has 84 valence electrons. The minimum absolute atomic E-state index is 0.716. The van der Waals surface area contributed by atoms with Gasteiger partial charge in [-0.1, -0.05) is 15.9 Å². The van der Waals surface area contributed by atoms with E-state index in [0.717, 1.165) is 23.1 Å². The van der Waals surface area contributed by atoms with Crippen LogP contribution in [0.1, 0.15) is 23.1 Å². The quantitative estimate of drug-likeness (QED) is 0.914. The fourth-order valence-electron chi connectivity index (χ4n) is 1.78. The highest BCUT2D eigenvalue weighted by Crippen LogP contribution is 2.32. The van der Waals surface area contributed by atoms with Gasteiger partial charge < -0.3 is 10.5 Å². The summed E-state index contributed by atoms with van der Waals surface area (Å²) in [5, 5.41) is 0. The van der Waals surface area contributed by atoms with E-state index >= 15 is 0 Å². The number of nitrogens with two attached hydrogens (primary N) is 1. The first-order valence-corrected chi connectivity index (χ1v) is 5.93. The highest BCUT2D eigenvalue weighted by molar-refractivity contribution is 9.10. The van der Waals surface area contributed by atoms with E-state index in [-0.39, 0.29) is 0 Å². The molecule has 0 spiro atoms. The molecule has 1 aromatic rings. The highest BCUT2D eigenvalue weighted by Gasteiger charge is 2.12. The van der Waals surface area contributed by atoms with Crippen LogP contribution in [0.4, 0.5) is 0 Å². The fourth-order valence-corrected chi connectivity index (χ4v) is 2.36. The number of rotatable bonds is 4. The van der Waals surface area contributed by atoms with E-state index in [2.05, 4.69) is 35.8 Å².